The maximum absolute atomic E-state index is 14.1. The van der Waals surface area contributed by atoms with Crippen LogP contribution in [0.3, 0.4) is 0 Å². The lowest BCUT2D eigenvalue weighted by Gasteiger charge is -2.41. The number of carbonyl (C=O) groups excluding carboxylic acids is 1. The summed E-state index contributed by atoms with van der Waals surface area (Å²) >= 11 is 0. The number of carbonyl (C=O) groups is 1. The number of hydrogen-bond donors (Lipinski definition) is 0. The molecule has 4 heterocycles. The van der Waals surface area contributed by atoms with E-state index in [1.165, 1.54) is 0 Å². The summed E-state index contributed by atoms with van der Waals surface area (Å²) in [6.07, 6.45) is 4.93. The molecule has 3 aromatic heterocycles. The van der Waals surface area contributed by atoms with Crippen LogP contribution >= 0.6 is 0 Å². The molecule has 2 atom stereocenters. The first-order valence-corrected chi connectivity index (χ1v) is 11.6. The molecular weight excluding hydrogens is 457 g/mol. The van der Waals surface area contributed by atoms with Gasteiger partial charge in [-0.3, -0.25) is 9.48 Å². The van der Waals surface area contributed by atoms with Gasteiger partial charge in [0.1, 0.15) is 0 Å². The molecule has 10 heteroatoms. The summed E-state index contributed by atoms with van der Waals surface area (Å²) in [6.45, 7) is 5.81. The molecule has 4 aromatic rings. The van der Waals surface area contributed by atoms with Gasteiger partial charge in [0.05, 0.1) is 34.9 Å². The summed E-state index contributed by atoms with van der Waals surface area (Å²) in [4.78, 5) is 20.1. The number of benzene rings is 1. The monoisotopic (exact) mass is 482 g/mol. The minimum atomic E-state index is -1.50. The number of amides is 1. The third kappa shape index (κ3) is 3.50. The molecule has 1 aliphatic rings. The third-order valence-electron chi connectivity index (χ3n) is 6.90. The highest BCUT2D eigenvalue weighted by molar-refractivity contribution is 5.96. The van der Waals surface area contributed by atoms with Crippen LogP contribution in [0, 0.1) is 24.4 Å². The van der Waals surface area contributed by atoms with Gasteiger partial charge in [0, 0.05) is 36.5 Å². The Morgan fingerprint density at radius 2 is 1.86 bits per heavy atom. The Morgan fingerprint density at radius 3 is 2.51 bits per heavy atom. The van der Waals surface area contributed by atoms with Crippen LogP contribution in [0.25, 0.3) is 16.9 Å². The van der Waals surface area contributed by atoms with E-state index in [4.69, 9.17) is 0 Å². The molecule has 35 heavy (non-hydrogen) atoms. The second kappa shape index (κ2) is 8.51. The van der Waals surface area contributed by atoms with Crippen LogP contribution in [0.15, 0.2) is 30.6 Å². The lowest BCUT2D eigenvalue weighted by Crippen LogP contribution is -2.47. The van der Waals surface area contributed by atoms with Gasteiger partial charge < -0.3 is 4.90 Å². The molecule has 0 aliphatic carbocycles. The molecule has 0 N–H and O–H groups in total. The average Bonchev–Trinajstić information content (AvgIpc) is 3.45. The highest BCUT2D eigenvalue weighted by Crippen LogP contribution is 2.41. The van der Waals surface area contributed by atoms with Gasteiger partial charge in [-0.15, -0.1) is 0 Å². The number of rotatable bonds is 4. The van der Waals surface area contributed by atoms with Crippen molar-refractivity contribution >= 4 is 11.6 Å². The predicted octanol–water partition coefficient (Wildman–Crippen LogP) is 4.78. The Morgan fingerprint density at radius 1 is 1.14 bits per heavy atom. The van der Waals surface area contributed by atoms with Crippen LogP contribution in [-0.4, -0.2) is 41.2 Å². The first kappa shape index (κ1) is 23.1. The zero-order valence-electron chi connectivity index (χ0n) is 19.9. The molecule has 5 rings (SSSR count). The number of aromatic nitrogens is 5. The van der Waals surface area contributed by atoms with E-state index in [1.807, 2.05) is 25.7 Å². The van der Waals surface area contributed by atoms with Crippen LogP contribution in [-0.2, 0) is 13.5 Å². The summed E-state index contributed by atoms with van der Waals surface area (Å²) in [6, 6.07) is 3.23. The standard InChI is InChI=1S/C25H25F3N6O/c1-5-15-11-16-23(31-32(4)24(16)14-9-18(26)22(28)19(27)10-14)20(6-2)33(15)25(35)17-12-29-21-7-8-30-34(21)13(17)3/h7-10,12,15,20H,5-6,11H2,1-4H3. The van der Waals surface area contributed by atoms with Gasteiger partial charge in [-0.2, -0.15) is 10.2 Å². The van der Waals surface area contributed by atoms with E-state index < -0.39 is 17.5 Å². The minimum absolute atomic E-state index is 0.164. The predicted molar refractivity (Wildman–Crippen MR) is 123 cm³/mol. The zero-order chi connectivity index (χ0) is 25.0. The molecule has 1 aliphatic heterocycles. The Kier molecular flexibility index (Phi) is 5.61. The molecule has 2 unspecified atom stereocenters. The zero-order valence-corrected chi connectivity index (χ0v) is 19.9. The maximum Gasteiger partial charge on any atom is 0.258 e. The van der Waals surface area contributed by atoms with Crippen LogP contribution in [0.1, 0.15) is 60.0 Å². The molecule has 0 radical (unpaired) electrons. The van der Waals surface area contributed by atoms with Gasteiger partial charge in [0.15, 0.2) is 23.1 Å². The van der Waals surface area contributed by atoms with Crippen LogP contribution in [0.2, 0.25) is 0 Å². The van der Waals surface area contributed by atoms with Crippen LogP contribution < -0.4 is 0 Å². The summed E-state index contributed by atoms with van der Waals surface area (Å²) in [5.74, 6) is -4.17. The first-order valence-electron chi connectivity index (χ1n) is 11.6. The van der Waals surface area contributed by atoms with Crippen molar-refractivity contribution in [3.63, 3.8) is 0 Å². The quantitative estimate of drug-likeness (QED) is 0.393. The van der Waals surface area contributed by atoms with Crippen molar-refractivity contribution in [1.29, 1.82) is 0 Å². The summed E-state index contributed by atoms with van der Waals surface area (Å²) < 4.78 is 44.9. The number of hydrogen-bond acceptors (Lipinski definition) is 4. The summed E-state index contributed by atoms with van der Waals surface area (Å²) in [7, 11) is 1.69. The first-order chi connectivity index (χ1) is 16.8. The number of halogens is 3. The normalized spacial score (nSPS) is 17.7. The molecule has 0 fully saturated rings. The van der Waals surface area contributed by atoms with Crippen molar-refractivity contribution in [3.8, 4) is 11.3 Å². The van der Waals surface area contributed by atoms with E-state index in [0.717, 1.165) is 17.7 Å². The highest BCUT2D eigenvalue weighted by Gasteiger charge is 2.40. The van der Waals surface area contributed by atoms with E-state index >= 15 is 0 Å². The minimum Gasteiger partial charge on any atom is -0.327 e. The SMILES string of the molecule is CCC1Cc2c(nn(C)c2-c2cc(F)c(F)c(F)c2)C(CC)N1C(=O)c1cnc2ccnn2c1C. The highest BCUT2D eigenvalue weighted by atomic mass is 19.2. The fourth-order valence-electron chi connectivity index (χ4n) is 5.21. The lowest BCUT2D eigenvalue weighted by molar-refractivity contribution is 0.0511. The van der Waals surface area contributed by atoms with Crippen molar-refractivity contribution in [2.75, 3.05) is 0 Å². The Hall–Kier alpha value is -3.69. The van der Waals surface area contributed by atoms with Gasteiger partial charge in [-0.25, -0.2) is 22.7 Å². The maximum atomic E-state index is 14.1. The van der Waals surface area contributed by atoms with Gasteiger partial charge >= 0.3 is 0 Å². The van der Waals surface area contributed by atoms with E-state index in [0.29, 0.717) is 47.6 Å². The van der Waals surface area contributed by atoms with Gasteiger partial charge in [0.2, 0.25) is 0 Å². The Bertz CT molecular complexity index is 1440. The Balaban J connectivity index is 1.62. The van der Waals surface area contributed by atoms with Crippen molar-refractivity contribution in [2.45, 2.75) is 52.1 Å². The largest absolute Gasteiger partial charge is 0.327 e. The molecule has 0 saturated heterocycles. The van der Waals surface area contributed by atoms with Gasteiger partial charge in [-0.05, 0) is 38.3 Å². The second-order valence-corrected chi connectivity index (χ2v) is 8.85. The number of fused-ring (bicyclic) bond motifs is 2. The van der Waals surface area contributed by atoms with Crippen LogP contribution in [0.4, 0.5) is 13.2 Å². The van der Waals surface area contributed by atoms with E-state index in [-0.39, 0.29) is 23.6 Å². The van der Waals surface area contributed by atoms with Crippen molar-refractivity contribution < 1.29 is 18.0 Å². The summed E-state index contributed by atoms with van der Waals surface area (Å²) in [5, 5.41) is 8.94. The Labute approximate surface area is 200 Å². The van der Waals surface area contributed by atoms with Gasteiger partial charge in [-0.1, -0.05) is 13.8 Å². The molecule has 0 bridgehead atoms. The molecule has 0 saturated carbocycles. The fourth-order valence-corrected chi connectivity index (χ4v) is 5.21. The van der Waals surface area contributed by atoms with E-state index in [1.54, 1.807) is 34.7 Å². The van der Waals surface area contributed by atoms with Crippen molar-refractivity contribution in [3.05, 3.63) is 70.6 Å². The summed E-state index contributed by atoms with van der Waals surface area (Å²) in [5.41, 5.74) is 4.05. The second-order valence-electron chi connectivity index (χ2n) is 8.85. The van der Waals surface area contributed by atoms with Crippen molar-refractivity contribution in [1.82, 2.24) is 29.3 Å². The topological polar surface area (TPSA) is 68.3 Å². The average molecular weight is 483 g/mol. The number of aryl methyl sites for hydroxylation is 2. The molecule has 182 valence electrons. The number of nitrogens with zero attached hydrogens (tertiary/aromatic N) is 6. The molecule has 1 amide bonds. The molecular formula is C25H25F3N6O. The lowest BCUT2D eigenvalue weighted by atomic mass is 9.87. The third-order valence-corrected chi connectivity index (χ3v) is 6.90. The smallest absolute Gasteiger partial charge is 0.258 e. The van der Waals surface area contributed by atoms with Crippen LogP contribution in [0.5, 0.6) is 0 Å². The van der Waals surface area contributed by atoms with Crippen molar-refractivity contribution in [2.24, 2.45) is 7.05 Å². The van der Waals surface area contributed by atoms with E-state index in [2.05, 4.69) is 15.2 Å². The van der Waals surface area contributed by atoms with E-state index in [9.17, 15) is 18.0 Å². The van der Waals surface area contributed by atoms with Gasteiger partial charge in [0.25, 0.3) is 5.91 Å². The molecule has 0 spiro atoms. The molecule has 1 aromatic carbocycles. The fraction of sp³-hybridized carbons (Fsp3) is 0.360. The molecule has 7 nitrogen and oxygen atoms in total.